The number of thiazole rings is 1. The lowest BCUT2D eigenvalue weighted by molar-refractivity contribution is -0.149. The number of cyclic esters (lactones) is 1. The average molecular weight is 514 g/mol. The molecule has 2 N–H and O–H groups in total. The molecule has 6 nitrogen and oxygen atoms in total. The molecule has 1 aromatic rings. The summed E-state index contributed by atoms with van der Waals surface area (Å²) in [4.78, 5) is 17.3. The van der Waals surface area contributed by atoms with Crippen molar-refractivity contribution in [2.45, 2.75) is 109 Å². The Morgan fingerprint density at radius 3 is 2.62 bits per heavy atom. The van der Waals surface area contributed by atoms with Crippen LogP contribution >= 0.6 is 11.3 Å². The molecule has 5 atom stereocenters. The third kappa shape index (κ3) is 7.92. The Morgan fingerprint density at radius 1 is 1.32 bits per heavy atom. The minimum Gasteiger partial charge on any atom is -0.688 e. The molecule has 0 aromatic carbocycles. The van der Waals surface area contributed by atoms with Gasteiger partial charge in [-0.3, -0.25) is 4.79 Å². The van der Waals surface area contributed by atoms with E-state index in [1.54, 1.807) is 32.1 Å². The third-order valence-electron chi connectivity index (χ3n) is 7.04. The van der Waals surface area contributed by atoms with Crippen molar-refractivity contribution < 1.29 is 24.3 Å². The van der Waals surface area contributed by atoms with Crippen molar-refractivity contribution in [3.8, 4) is 0 Å². The van der Waals surface area contributed by atoms with Crippen LogP contribution in [0.4, 0.5) is 0 Å². The number of carbonyl (C=O) groups excluding carboxylic acids is 1. The number of aliphatic hydroxyl groups excluding tert-OH is 2. The number of aryl methyl sites for hydroxylation is 1. The molecule has 0 spiro atoms. The first-order valence-electron chi connectivity index (χ1n) is 12.2. The first-order chi connectivity index (χ1) is 15.8. The number of hydrogen-bond acceptors (Lipinski definition) is 7. The lowest BCUT2D eigenvalue weighted by Crippen LogP contribution is -2.52. The summed E-state index contributed by atoms with van der Waals surface area (Å²) in [6.07, 6.45) is 4.65. The van der Waals surface area contributed by atoms with Crippen LogP contribution in [0.1, 0.15) is 84.3 Å². The highest BCUT2D eigenvalue weighted by molar-refractivity contribution is 7.93. The van der Waals surface area contributed by atoms with Crippen molar-refractivity contribution in [2.24, 2.45) is 5.92 Å². The van der Waals surface area contributed by atoms with Gasteiger partial charge in [-0.15, -0.1) is 11.3 Å². The fourth-order valence-corrected chi connectivity index (χ4v) is 7.22. The Kier molecular flexibility index (Phi) is 10.8. The summed E-state index contributed by atoms with van der Waals surface area (Å²) in [7, 11) is 0. The zero-order valence-corrected chi connectivity index (χ0v) is 23.4. The van der Waals surface area contributed by atoms with Crippen molar-refractivity contribution in [3.63, 3.8) is 0 Å². The Morgan fingerprint density at radius 2 is 2.00 bits per heavy atom. The highest BCUT2D eigenvalue weighted by Crippen LogP contribution is 2.32. The second-order valence-electron chi connectivity index (χ2n) is 10.4. The van der Waals surface area contributed by atoms with E-state index in [-0.39, 0.29) is 12.3 Å². The van der Waals surface area contributed by atoms with Crippen molar-refractivity contribution in [3.05, 3.63) is 33.3 Å². The van der Waals surface area contributed by atoms with Crippen LogP contribution in [0.25, 0.3) is 6.08 Å². The van der Waals surface area contributed by atoms with Gasteiger partial charge in [0.05, 0.1) is 33.2 Å². The molecule has 0 aliphatic carbocycles. The monoisotopic (exact) mass is 513 g/mol. The van der Waals surface area contributed by atoms with Crippen LogP contribution < -0.4 is 0 Å². The fraction of sp³-hybridized carbons (Fsp3) is 0.692. The molecular weight excluding hydrogens is 470 g/mol. The second kappa shape index (κ2) is 12.7. The Balaban J connectivity index is 2.32. The molecule has 194 valence electrons. The van der Waals surface area contributed by atoms with Crippen molar-refractivity contribution in [2.75, 3.05) is 0 Å². The third-order valence-corrected chi connectivity index (χ3v) is 10.6. The molecule has 34 heavy (non-hydrogen) atoms. The Labute approximate surface area is 211 Å². The number of carbonyl (C=O) groups is 1. The van der Waals surface area contributed by atoms with Gasteiger partial charge in [-0.1, -0.05) is 18.6 Å². The average Bonchev–Trinajstić information content (AvgIpc) is 3.18. The number of esters is 1. The molecule has 2 heterocycles. The summed E-state index contributed by atoms with van der Waals surface area (Å²) in [5, 5.41) is 24.2. The predicted octanol–water partition coefficient (Wildman–Crippen LogP) is 4.42. The van der Waals surface area contributed by atoms with Crippen LogP contribution in [0.5, 0.6) is 0 Å². The molecule has 0 amide bonds. The summed E-state index contributed by atoms with van der Waals surface area (Å²) in [5.41, 5.74) is 2.93. The molecular formula is C26H43NO5S2. The topological polar surface area (TPSA) is 103 Å². The lowest BCUT2D eigenvalue weighted by atomic mass is 9.94. The van der Waals surface area contributed by atoms with Gasteiger partial charge in [-0.2, -0.15) is 0 Å². The maximum Gasteiger partial charge on any atom is 0.309 e. The molecule has 1 aliphatic rings. The van der Waals surface area contributed by atoms with Crippen molar-refractivity contribution in [1.82, 2.24) is 4.98 Å². The quantitative estimate of drug-likeness (QED) is 0.345. The fourth-order valence-electron chi connectivity index (χ4n) is 4.40. The van der Waals surface area contributed by atoms with Gasteiger partial charge in [-0.05, 0) is 78.4 Å². The predicted molar refractivity (Wildman–Crippen MR) is 143 cm³/mol. The standard InChI is InChI=1S/C26H43NO5S2/c1-16-9-8-10-17(2)25(30)19(4)34(31)26(6,7)23(28)14-24(29)32-22(12-11-16)18(3)13-21-15-33-20(5)27-21/h11,13,15,17,19,22-23,25,28,30H,8-10,12,14,34H2,1-7H3/t17-,19+,22-,23+,25-/m0/s1. The van der Waals surface area contributed by atoms with Crippen molar-refractivity contribution in [1.29, 1.82) is 0 Å². The van der Waals surface area contributed by atoms with Crippen molar-refractivity contribution >= 4 is 34.6 Å². The van der Waals surface area contributed by atoms with E-state index in [4.69, 9.17) is 4.74 Å². The highest BCUT2D eigenvalue weighted by Gasteiger charge is 2.40. The van der Waals surface area contributed by atoms with E-state index in [1.165, 1.54) is 5.57 Å². The molecule has 0 saturated heterocycles. The molecule has 0 bridgehead atoms. The van der Waals surface area contributed by atoms with E-state index < -0.39 is 45.5 Å². The number of aliphatic hydroxyl groups is 2. The zero-order chi connectivity index (χ0) is 25.6. The molecule has 0 saturated carbocycles. The number of rotatable bonds is 2. The summed E-state index contributed by atoms with van der Waals surface area (Å²) in [6.45, 7) is 13.1. The van der Waals surface area contributed by atoms with E-state index in [0.29, 0.717) is 6.42 Å². The smallest absolute Gasteiger partial charge is 0.309 e. The molecule has 2 rings (SSSR count). The minimum atomic E-state index is -2.43. The van der Waals surface area contributed by atoms with Crippen LogP contribution in [-0.2, 0) is 20.7 Å². The van der Waals surface area contributed by atoms with Gasteiger partial charge >= 0.3 is 5.97 Å². The second-order valence-corrected chi connectivity index (χ2v) is 14.4. The molecule has 0 radical (unpaired) electrons. The van der Waals surface area contributed by atoms with E-state index in [1.807, 2.05) is 32.2 Å². The molecule has 1 aromatic heterocycles. The number of ether oxygens (including phenoxy) is 1. The van der Waals surface area contributed by atoms with Gasteiger partial charge < -0.3 is 30.7 Å². The first-order valence-corrected chi connectivity index (χ1v) is 14.5. The normalized spacial score (nSPS) is 31.6. The summed E-state index contributed by atoms with van der Waals surface area (Å²) >= 11 is -0.860. The minimum absolute atomic E-state index is 0.00191. The van der Waals surface area contributed by atoms with E-state index in [0.717, 1.165) is 35.5 Å². The number of allylic oxidation sites excluding steroid dienone is 1. The van der Waals surface area contributed by atoms with Crippen LogP contribution in [0.15, 0.2) is 22.6 Å². The van der Waals surface area contributed by atoms with Gasteiger partial charge in [0.2, 0.25) is 0 Å². The van der Waals surface area contributed by atoms with Gasteiger partial charge in [0, 0.05) is 11.8 Å². The van der Waals surface area contributed by atoms with Crippen LogP contribution in [0.2, 0.25) is 0 Å². The van der Waals surface area contributed by atoms with E-state index in [2.05, 4.69) is 18.0 Å². The Hall–Kier alpha value is -1.19. The Bertz CT molecular complexity index is 878. The SMILES string of the molecule is CC1=CC[C@@H](C(C)=Cc2csc(C)n2)OC(=O)C[C@@H](O)C(C)(C)[SH2+]([O-])[C@H](C)[C@@H](O)[C@@H](C)CCC1. The van der Waals surface area contributed by atoms with Gasteiger partial charge in [0.1, 0.15) is 12.2 Å². The van der Waals surface area contributed by atoms with E-state index >= 15 is 0 Å². The lowest BCUT2D eigenvalue weighted by Gasteiger charge is -2.47. The number of nitrogens with zero attached hydrogens (tertiary/aromatic N) is 1. The number of hydrogen-bond donors (Lipinski definition) is 2. The molecule has 0 fully saturated rings. The molecule has 8 heteroatoms. The van der Waals surface area contributed by atoms with E-state index in [9.17, 15) is 19.6 Å². The number of aromatic nitrogens is 1. The van der Waals surface area contributed by atoms with Crippen LogP contribution in [0, 0.1) is 12.8 Å². The maximum absolute atomic E-state index is 13.4. The summed E-state index contributed by atoms with van der Waals surface area (Å²) in [5.74, 6) is -0.524. The van der Waals surface area contributed by atoms with Gasteiger partial charge in [0.25, 0.3) is 0 Å². The maximum atomic E-state index is 13.4. The highest BCUT2D eigenvalue weighted by atomic mass is 32.2. The van der Waals surface area contributed by atoms with Gasteiger partial charge in [-0.25, -0.2) is 4.98 Å². The van der Waals surface area contributed by atoms with Crippen LogP contribution in [0.3, 0.4) is 0 Å². The van der Waals surface area contributed by atoms with Gasteiger partial charge in [0.15, 0.2) is 0 Å². The first kappa shape index (κ1) is 29.0. The molecule has 1 aliphatic heterocycles. The summed E-state index contributed by atoms with van der Waals surface area (Å²) in [6, 6.07) is 0. The largest absolute Gasteiger partial charge is 0.688 e. The zero-order valence-electron chi connectivity index (χ0n) is 21.6. The van der Waals surface area contributed by atoms with Crippen LogP contribution in [-0.4, -0.2) is 54.0 Å². The summed E-state index contributed by atoms with van der Waals surface area (Å²) < 4.78 is 18.2. The molecule has 0 unspecified atom stereocenters.